The van der Waals surface area contributed by atoms with Gasteiger partial charge in [0.25, 0.3) is 0 Å². The topological polar surface area (TPSA) is 127 Å². The maximum Gasteiger partial charge on any atom is 0.318 e. The van der Waals surface area contributed by atoms with Crippen LogP contribution in [0.15, 0.2) is 34.2 Å². The Morgan fingerprint density at radius 3 is 2.48 bits per heavy atom. The Kier molecular flexibility index (Phi) is 6.70. The lowest BCUT2D eigenvalue weighted by Crippen LogP contribution is -2.45. The molecule has 0 bridgehead atoms. The Morgan fingerprint density at radius 1 is 1.12 bits per heavy atom. The number of hydrogen-bond acceptors (Lipinski definition) is 8. The van der Waals surface area contributed by atoms with Gasteiger partial charge in [0.15, 0.2) is 5.65 Å². The van der Waals surface area contributed by atoms with Crippen LogP contribution in [-0.2, 0) is 18.4 Å². The zero-order valence-corrected chi connectivity index (χ0v) is 19.2. The Labute approximate surface area is 194 Å². The number of nitrogens with zero attached hydrogens (tertiary/aromatic N) is 6. The molecule has 11 nitrogen and oxygen atoms in total. The normalized spacial score (nSPS) is 14.6. The number of piperidine rings is 1. The van der Waals surface area contributed by atoms with Crippen LogP contribution in [-0.4, -0.2) is 56.7 Å². The SMILES string of the molecule is CNC(=O)CNCc1cnc(N2CCC(n3c(=O)c(=O)n(C)c4cc(Cl)cnc43)CC2)nc1. The summed E-state index contributed by atoms with van der Waals surface area (Å²) in [6, 6.07) is 1.49. The number of pyridine rings is 1. The summed E-state index contributed by atoms with van der Waals surface area (Å²) in [5.41, 5.74) is 0.676. The molecule has 0 atom stereocenters. The van der Waals surface area contributed by atoms with Crippen LogP contribution in [0.2, 0.25) is 5.02 Å². The number of aromatic nitrogens is 5. The molecule has 174 valence electrons. The van der Waals surface area contributed by atoms with Crippen LogP contribution in [0.25, 0.3) is 11.2 Å². The lowest BCUT2D eigenvalue weighted by Gasteiger charge is -2.33. The number of halogens is 1. The number of rotatable bonds is 6. The second-order valence-electron chi connectivity index (χ2n) is 7.92. The lowest BCUT2D eigenvalue weighted by molar-refractivity contribution is -0.119. The van der Waals surface area contributed by atoms with E-state index in [0.29, 0.717) is 54.6 Å². The van der Waals surface area contributed by atoms with Gasteiger partial charge in [-0.05, 0) is 18.9 Å². The number of carbonyl (C=O) groups is 1. The van der Waals surface area contributed by atoms with Gasteiger partial charge in [-0.15, -0.1) is 0 Å². The molecular formula is C21H25ClN8O3. The van der Waals surface area contributed by atoms with E-state index >= 15 is 0 Å². The minimum Gasteiger partial charge on any atom is -0.358 e. The second kappa shape index (κ2) is 9.67. The highest BCUT2D eigenvalue weighted by atomic mass is 35.5. The number of likely N-dealkylation sites (N-methyl/N-ethyl adjacent to an activating group) is 1. The van der Waals surface area contributed by atoms with Crippen molar-refractivity contribution >= 4 is 34.6 Å². The number of hydrogen-bond donors (Lipinski definition) is 2. The standard InChI is InChI=1S/C21H25ClN8O3/c1-23-17(31)12-24-8-13-9-26-21(27-10-13)29-5-3-15(4-6-29)30-18-16(7-14(22)11-25-18)28(2)19(32)20(30)33/h7,9-11,15,24H,3-6,8,12H2,1-2H3,(H,23,31). The zero-order chi connectivity index (χ0) is 23.5. The van der Waals surface area contributed by atoms with Crippen LogP contribution in [0.1, 0.15) is 24.4 Å². The van der Waals surface area contributed by atoms with Crippen LogP contribution < -0.4 is 26.7 Å². The molecule has 0 radical (unpaired) electrons. The Hall–Kier alpha value is -3.31. The number of carbonyl (C=O) groups excluding carboxylic acids is 1. The Bertz CT molecular complexity index is 1280. The summed E-state index contributed by atoms with van der Waals surface area (Å²) in [7, 11) is 3.14. The van der Waals surface area contributed by atoms with Gasteiger partial charge in [-0.25, -0.2) is 15.0 Å². The molecule has 1 aliphatic rings. The smallest absolute Gasteiger partial charge is 0.318 e. The number of aryl methyl sites for hydroxylation is 1. The van der Waals surface area contributed by atoms with Crippen molar-refractivity contribution in [3.63, 3.8) is 0 Å². The molecule has 0 spiro atoms. The van der Waals surface area contributed by atoms with E-state index in [-0.39, 0.29) is 18.5 Å². The molecule has 12 heteroatoms. The number of nitrogens with one attached hydrogen (secondary N) is 2. The van der Waals surface area contributed by atoms with Crippen molar-refractivity contribution in [3.8, 4) is 0 Å². The van der Waals surface area contributed by atoms with Crippen molar-refractivity contribution in [2.24, 2.45) is 7.05 Å². The highest BCUT2D eigenvalue weighted by Crippen LogP contribution is 2.26. The maximum atomic E-state index is 12.8. The van der Waals surface area contributed by atoms with Crippen molar-refractivity contribution in [1.29, 1.82) is 0 Å². The molecule has 0 unspecified atom stereocenters. The Morgan fingerprint density at radius 2 is 1.82 bits per heavy atom. The molecule has 2 N–H and O–H groups in total. The van der Waals surface area contributed by atoms with Crippen molar-refractivity contribution in [3.05, 3.63) is 56.0 Å². The predicted molar refractivity (Wildman–Crippen MR) is 125 cm³/mol. The van der Waals surface area contributed by atoms with Crippen LogP contribution in [0.5, 0.6) is 0 Å². The molecule has 4 rings (SSSR count). The second-order valence-corrected chi connectivity index (χ2v) is 8.36. The van der Waals surface area contributed by atoms with E-state index in [1.807, 2.05) is 0 Å². The summed E-state index contributed by atoms with van der Waals surface area (Å²) in [6.07, 6.45) is 6.24. The fourth-order valence-corrected chi connectivity index (χ4v) is 4.13. The highest BCUT2D eigenvalue weighted by molar-refractivity contribution is 6.31. The summed E-state index contributed by atoms with van der Waals surface area (Å²) < 4.78 is 2.80. The van der Waals surface area contributed by atoms with Gasteiger partial charge >= 0.3 is 11.1 Å². The third kappa shape index (κ3) is 4.74. The molecule has 1 amide bonds. The van der Waals surface area contributed by atoms with E-state index in [9.17, 15) is 14.4 Å². The summed E-state index contributed by atoms with van der Waals surface area (Å²) >= 11 is 6.06. The van der Waals surface area contributed by atoms with Gasteiger partial charge in [-0.2, -0.15) is 0 Å². The summed E-state index contributed by atoms with van der Waals surface area (Å²) in [5.74, 6) is 0.520. The van der Waals surface area contributed by atoms with Gasteiger partial charge in [0, 0.05) is 63.9 Å². The molecule has 33 heavy (non-hydrogen) atoms. The Balaban J connectivity index is 1.47. The summed E-state index contributed by atoms with van der Waals surface area (Å²) in [4.78, 5) is 51.9. The first-order valence-corrected chi connectivity index (χ1v) is 11.0. The van der Waals surface area contributed by atoms with Crippen molar-refractivity contribution < 1.29 is 4.79 Å². The van der Waals surface area contributed by atoms with E-state index in [0.717, 1.165) is 5.56 Å². The minimum absolute atomic E-state index is 0.0862. The van der Waals surface area contributed by atoms with Gasteiger partial charge in [0.05, 0.1) is 17.1 Å². The molecule has 1 fully saturated rings. The van der Waals surface area contributed by atoms with E-state index in [4.69, 9.17) is 11.6 Å². The maximum absolute atomic E-state index is 12.8. The molecule has 3 aromatic heterocycles. The predicted octanol–water partition coefficient (Wildman–Crippen LogP) is 0.216. The number of anilines is 1. The summed E-state index contributed by atoms with van der Waals surface area (Å²) in [6.45, 7) is 1.99. The van der Waals surface area contributed by atoms with Crippen LogP contribution in [0.4, 0.5) is 5.95 Å². The molecule has 1 aliphatic heterocycles. The molecule has 4 heterocycles. The van der Waals surface area contributed by atoms with Crippen molar-refractivity contribution in [1.82, 2.24) is 34.7 Å². The van der Waals surface area contributed by atoms with Gasteiger partial charge in [-0.3, -0.25) is 19.0 Å². The molecular weight excluding hydrogens is 448 g/mol. The quantitative estimate of drug-likeness (QED) is 0.488. The molecule has 3 aromatic rings. The molecule has 1 saturated heterocycles. The van der Waals surface area contributed by atoms with Gasteiger partial charge in [-0.1, -0.05) is 11.6 Å². The van der Waals surface area contributed by atoms with Crippen LogP contribution >= 0.6 is 11.6 Å². The first-order chi connectivity index (χ1) is 15.9. The van der Waals surface area contributed by atoms with Crippen molar-refractivity contribution in [2.75, 3.05) is 31.6 Å². The average molecular weight is 473 g/mol. The lowest BCUT2D eigenvalue weighted by atomic mass is 10.0. The number of amides is 1. The third-order valence-electron chi connectivity index (χ3n) is 5.81. The fraction of sp³-hybridized carbons (Fsp3) is 0.429. The van der Waals surface area contributed by atoms with E-state index in [1.165, 1.54) is 15.3 Å². The van der Waals surface area contributed by atoms with Gasteiger partial charge < -0.3 is 20.1 Å². The number of fused-ring (bicyclic) bond motifs is 1. The summed E-state index contributed by atoms with van der Waals surface area (Å²) in [5, 5.41) is 5.98. The monoisotopic (exact) mass is 472 g/mol. The zero-order valence-electron chi connectivity index (χ0n) is 18.4. The van der Waals surface area contributed by atoms with E-state index in [2.05, 4.69) is 30.5 Å². The van der Waals surface area contributed by atoms with Crippen LogP contribution in [0, 0.1) is 0 Å². The highest BCUT2D eigenvalue weighted by Gasteiger charge is 2.26. The van der Waals surface area contributed by atoms with Gasteiger partial charge in [0.1, 0.15) is 0 Å². The van der Waals surface area contributed by atoms with Crippen LogP contribution in [0.3, 0.4) is 0 Å². The molecule has 0 saturated carbocycles. The molecule has 0 aromatic carbocycles. The first kappa shape index (κ1) is 22.9. The minimum atomic E-state index is -0.599. The average Bonchev–Trinajstić information content (AvgIpc) is 2.84. The van der Waals surface area contributed by atoms with Crippen molar-refractivity contribution in [2.45, 2.75) is 25.4 Å². The fourth-order valence-electron chi connectivity index (χ4n) is 3.98. The largest absolute Gasteiger partial charge is 0.358 e. The van der Waals surface area contributed by atoms with Gasteiger partial charge in [0.2, 0.25) is 11.9 Å². The first-order valence-electron chi connectivity index (χ1n) is 10.6. The molecule has 0 aliphatic carbocycles. The third-order valence-corrected chi connectivity index (χ3v) is 6.01. The van der Waals surface area contributed by atoms with E-state index in [1.54, 1.807) is 32.6 Å². The van der Waals surface area contributed by atoms with E-state index < -0.39 is 11.1 Å².